The Hall–Kier alpha value is 0.0649. The molecule has 1 atom stereocenters. The van der Waals surface area contributed by atoms with E-state index >= 15 is 0 Å². The molecule has 0 heterocycles. The van der Waals surface area contributed by atoms with Gasteiger partial charge in [-0.15, -0.1) is 0 Å². The Morgan fingerprint density at radius 3 is 1.05 bits per heavy atom. The van der Waals surface area contributed by atoms with Gasteiger partial charge in [0.15, 0.2) is 0 Å². The van der Waals surface area contributed by atoms with Gasteiger partial charge >= 0.3 is 0 Å². The van der Waals surface area contributed by atoms with Crippen molar-refractivity contribution < 1.29 is 0 Å². The highest BCUT2D eigenvalue weighted by molar-refractivity contribution is 6.11. The molecule has 0 aromatic heterocycles. The largest absolute Gasteiger partial charge is 0.105 e. The Bertz CT molecular complexity index is 190. The fraction of sp³-hybridized carbons (Fsp3) is 1.00. The van der Waals surface area contributed by atoms with E-state index in [2.05, 4.69) is 21.7 Å². The van der Waals surface area contributed by atoms with Crippen LogP contribution in [0.2, 0.25) is 5.82 Å². The minimum absolute atomic E-state index is 0.972. The molecule has 0 N–H and O–H groups in total. The van der Waals surface area contributed by atoms with Crippen molar-refractivity contribution in [1.29, 1.82) is 0 Å². The molecule has 0 saturated heterocycles. The predicted octanol–water partition coefficient (Wildman–Crippen LogP) is 7.47. The van der Waals surface area contributed by atoms with Crippen LogP contribution in [0, 0.1) is 0 Å². The van der Waals surface area contributed by atoms with Crippen molar-refractivity contribution in [2.75, 3.05) is 0 Å². The van der Waals surface area contributed by atoms with E-state index in [1.54, 1.807) is 0 Å². The summed E-state index contributed by atoms with van der Waals surface area (Å²) in [5, 5.41) is 0. The van der Waals surface area contributed by atoms with E-state index in [0.29, 0.717) is 0 Å². The molecule has 0 saturated carbocycles. The molecule has 0 radical (unpaired) electrons. The second kappa shape index (κ2) is 19.1. The lowest BCUT2D eigenvalue weighted by Crippen LogP contribution is -1.93. The van der Waals surface area contributed by atoms with Crippen LogP contribution in [-0.4, -0.2) is 7.85 Å². The van der Waals surface area contributed by atoms with Crippen LogP contribution >= 0.6 is 0 Å². The quantitative estimate of drug-likeness (QED) is 0.182. The Labute approximate surface area is 143 Å². The third-order valence-electron chi connectivity index (χ3n) is 5.10. The van der Waals surface area contributed by atoms with Crippen molar-refractivity contribution in [2.45, 2.75) is 135 Å². The predicted molar refractivity (Wildman–Crippen MR) is 107 cm³/mol. The first-order valence-corrected chi connectivity index (χ1v) is 10.8. The molecule has 0 nitrogen and oxygen atoms in total. The van der Waals surface area contributed by atoms with Gasteiger partial charge in [0.1, 0.15) is 7.85 Å². The maximum absolute atomic E-state index is 2.47. The molecule has 0 aromatic carbocycles. The Kier molecular flexibility index (Phi) is 19.2. The summed E-state index contributed by atoms with van der Waals surface area (Å²) in [7, 11) is 2.47. The van der Waals surface area contributed by atoms with Gasteiger partial charge in [-0.3, -0.25) is 0 Å². The van der Waals surface area contributed by atoms with Crippen molar-refractivity contribution in [3.8, 4) is 0 Å². The lowest BCUT2D eigenvalue weighted by molar-refractivity contribution is 0.524. The van der Waals surface area contributed by atoms with E-state index in [9.17, 15) is 0 Å². The molecule has 0 amide bonds. The smallest absolute Gasteiger partial charge is 0.0697 e. The van der Waals surface area contributed by atoms with Crippen LogP contribution in [0.15, 0.2) is 0 Å². The molecule has 0 aliphatic heterocycles. The van der Waals surface area contributed by atoms with E-state index < -0.39 is 0 Å². The Morgan fingerprint density at radius 2 is 0.727 bits per heavy atom. The van der Waals surface area contributed by atoms with Crippen LogP contribution in [0.25, 0.3) is 0 Å². The zero-order valence-electron chi connectivity index (χ0n) is 16.3. The second-order valence-electron chi connectivity index (χ2n) is 7.63. The highest BCUT2D eigenvalue weighted by atomic mass is 14.0. The minimum Gasteiger partial charge on any atom is -0.0697 e. The maximum atomic E-state index is 2.47. The van der Waals surface area contributed by atoms with Gasteiger partial charge in [-0.05, 0) is 0 Å². The molecule has 0 aliphatic rings. The molecule has 22 heavy (non-hydrogen) atoms. The SMILES string of the molecule is BC(CCCCCCCC)CCCCCCCCCCCC. The van der Waals surface area contributed by atoms with Gasteiger partial charge in [0.25, 0.3) is 0 Å². The van der Waals surface area contributed by atoms with Crippen molar-refractivity contribution in [1.82, 2.24) is 0 Å². The molecule has 0 aromatic rings. The lowest BCUT2D eigenvalue weighted by Gasteiger charge is -2.11. The van der Waals surface area contributed by atoms with Crippen LogP contribution in [-0.2, 0) is 0 Å². The molecular weight excluding hydrogens is 263 g/mol. The first-order chi connectivity index (χ1) is 10.8. The molecule has 132 valence electrons. The topological polar surface area (TPSA) is 0 Å². The van der Waals surface area contributed by atoms with Crippen molar-refractivity contribution in [3.05, 3.63) is 0 Å². The minimum atomic E-state index is 0.972. The third-order valence-corrected chi connectivity index (χ3v) is 5.10. The molecule has 1 heteroatoms. The summed E-state index contributed by atoms with van der Waals surface area (Å²) < 4.78 is 0. The summed E-state index contributed by atoms with van der Waals surface area (Å²) in [5.74, 6) is 0.972. The van der Waals surface area contributed by atoms with Crippen molar-refractivity contribution >= 4 is 7.85 Å². The normalized spacial score (nSPS) is 12.6. The molecule has 0 aliphatic carbocycles. The summed E-state index contributed by atoms with van der Waals surface area (Å²) >= 11 is 0. The van der Waals surface area contributed by atoms with Gasteiger partial charge in [-0.1, -0.05) is 135 Å². The van der Waals surface area contributed by atoms with Crippen molar-refractivity contribution in [3.63, 3.8) is 0 Å². The van der Waals surface area contributed by atoms with Gasteiger partial charge in [0.05, 0.1) is 0 Å². The van der Waals surface area contributed by atoms with E-state index in [1.807, 2.05) is 0 Å². The van der Waals surface area contributed by atoms with E-state index in [-0.39, 0.29) is 0 Å². The first kappa shape index (κ1) is 22.1. The summed E-state index contributed by atoms with van der Waals surface area (Å²) in [6.07, 6.45) is 26.3. The summed E-state index contributed by atoms with van der Waals surface area (Å²) in [5.41, 5.74) is 0. The average molecular weight is 308 g/mol. The van der Waals surface area contributed by atoms with E-state index in [4.69, 9.17) is 0 Å². The fourth-order valence-corrected chi connectivity index (χ4v) is 3.40. The van der Waals surface area contributed by atoms with Crippen LogP contribution in [0.5, 0.6) is 0 Å². The monoisotopic (exact) mass is 308 g/mol. The molecule has 0 fully saturated rings. The van der Waals surface area contributed by atoms with E-state index in [1.165, 1.54) is 116 Å². The Balaban J connectivity index is 3.10. The highest BCUT2D eigenvalue weighted by Gasteiger charge is 2.02. The number of unbranched alkanes of at least 4 members (excludes halogenated alkanes) is 14. The number of rotatable bonds is 18. The summed E-state index contributed by atoms with van der Waals surface area (Å²) in [6.45, 7) is 4.60. The second-order valence-corrected chi connectivity index (χ2v) is 7.63. The average Bonchev–Trinajstić information content (AvgIpc) is 2.52. The van der Waals surface area contributed by atoms with Crippen LogP contribution < -0.4 is 0 Å². The molecule has 0 bridgehead atoms. The summed E-state index contributed by atoms with van der Waals surface area (Å²) in [4.78, 5) is 0. The zero-order valence-corrected chi connectivity index (χ0v) is 16.3. The zero-order chi connectivity index (χ0) is 16.3. The first-order valence-electron chi connectivity index (χ1n) is 10.8. The van der Waals surface area contributed by atoms with Crippen molar-refractivity contribution in [2.24, 2.45) is 0 Å². The number of hydrogen-bond donors (Lipinski definition) is 0. The van der Waals surface area contributed by atoms with Gasteiger partial charge in [0.2, 0.25) is 0 Å². The number of hydrogen-bond acceptors (Lipinski definition) is 0. The molecular formula is C21H45B. The Morgan fingerprint density at radius 1 is 0.455 bits per heavy atom. The maximum Gasteiger partial charge on any atom is 0.105 e. The summed E-state index contributed by atoms with van der Waals surface area (Å²) in [6, 6.07) is 0. The molecule has 0 spiro atoms. The standard InChI is InChI=1S/C21H45B/c1-3-5-7-9-11-12-13-14-16-18-20-21(22)19-17-15-10-8-6-4-2/h21H,3-20,22H2,1-2H3. The highest BCUT2D eigenvalue weighted by Crippen LogP contribution is 2.21. The third kappa shape index (κ3) is 18.1. The van der Waals surface area contributed by atoms with E-state index in [0.717, 1.165) is 5.82 Å². The fourth-order valence-electron chi connectivity index (χ4n) is 3.40. The van der Waals surface area contributed by atoms with Gasteiger partial charge in [-0.25, -0.2) is 0 Å². The van der Waals surface area contributed by atoms with Gasteiger partial charge < -0.3 is 0 Å². The van der Waals surface area contributed by atoms with Gasteiger partial charge in [-0.2, -0.15) is 0 Å². The van der Waals surface area contributed by atoms with Crippen LogP contribution in [0.4, 0.5) is 0 Å². The molecule has 1 unspecified atom stereocenters. The van der Waals surface area contributed by atoms with Crippen LogP contribution in [0.3, 0.4) is 0 Å². The lowest BCUT2D eigenvalue weighted by atomic mass is 9.79. The van der Waals surface area contributed by atoms with Gasteiger partial charge in [0, 0.05) is 0 Å². The molecule has 0 rings (SSSR count). The van der Waals surface area contributed by atoms with Crippen LogP contribution in [0.1, 0.15) is 129 Å².